The molecule has 1 aromatic rings. The third kappa shape index (κ3) is 3.51. The summed E-state index contributed by atoms with van der Waals surface area (Å²) in [7, 11) is 1.66. The van der Waals surface area contributed by atoms with E-state index in [1.807, 2.05) is 36.9 Å². The highest BCUT2D eigenvalue weighted by molar-refractivity contribution is 7.80. The Labute approximate surface area is 171 Å². The van der Waals surface area contributed by atoms with Gasteiger partial charge in [-0.3, -0.25) is 4.79 Å². The Bertz CT molecular complexity index is 743. The van der Waals surface area contributed by atoms with Crippen molar-refractivity contribution in [2.45, 2.75) is 39.0 Å². The van der Waals surface area contributed by atoms with E-state index < -0.39 is 11.6 Å². The molecule has 2 aliphatic rings. The number of para-hydroxylation sites is 1. The van der Waals surface area contributed by atoms with Crippen LogP contribution in [-0.4, -0.2) is 55.2 Å². The molecule has 3 atom stereocenters. The average Bonchev–Trinajstić information content (AvgIpc) is 2.65. The van der Waals surface area contributed by atoms with Crippen molar-refractivity contribution in [1.82, 2.24) is 10.2 Å². The Morgan fingerprint density at radius 1 is 1.36 bits per heavy atom. The van der Waals surface area contributed by atoms with Gasteiger partial charge in [-0.05, 0) is 45.5 Å². The Kier molecular flexibility index (Phi) is 6.30. The topological polar surface area (TPSA) is 69.3 Å². The SMILES string of the molecule is CCOC(=O)[C@H]1[C@H]2NC(=S)N(CCCOC)[C@]1(C)Oc1c(OCC)cccc12. The van der Waals surface area contributed by atoms with Crippen LogP contribution in [0.4, 0.5) is 0 Å². The largest absolute Gasteiger partial charge is 0.490 e. The van der Waals surface area contributed by atoms with Gasteiger partial charge < -0.3 is 29.2 Å². The van der Waals surface area contributed by atoms with Crippen molar-refractivity contribution >= 4 is 23.3 Å². The number of carbonyl (C=O) groups is 1. The second kappa shape index (κ2) is 8.53. The summed E-state index contributed by atoms with van der Waals surface area (Å²) in [5.41, 5.74) is -0.145. The molecular formula is C20H28N2O5S. The van der Waals surface area contributed by atoms with Gasteiger partial charge in [0, 0.05) is 25.8 Å². The fraction of sp³-hybridized carbons (Fsp3) is 0.600. The Balaban J connectivity index is 2.07. The van der Waals surface area contributed by atoms with E-state index in [1.54, 1.807) is 14.0 Å². The van der Waals surface area contributed by atoms with E-state index in [0.717, 1.165) is 12.0 Å². The average molecular weight is 409 g/mol. The molecule has 0 spiro atoms. The molecule has 0 radical (unpaired) electrons. The Hall–Kier alpha value is -2.06. The standard InChI is InChI=1S/C20H28N2O5S/c1-5-25-14-10-7-9-13-16-15(18(23)26-6-2)20(3,27-17(13)14)22(19(28)21-16)11-8-12-24-4/h7,9-10,15-16H,5-6,8,11-12H2,1-4H3,(H,21,28)/t15-,16+,20-/m1/s1. The van der Waals surface area contributed by atoms with Crippen molar-refractivity contribution in [2.75, 3.05) is 33.5 Å². The lowest BCUT2D eigenvalue weighted by Crippen LogP contribution is -2.71. The first-order valence-electron chi connectivity index (χ1n) is 9.66. The first kappa shape index (κ1) is 20.7. The van der Waals surface area contributed by atoms with Crippen LogP contribution in [0, 0.1) is 5.92 Å². The highest BCUT2D eigenvalue weighted by atomic mass is 32.1. The van der Waals surface area contributed by atoms with Gasteiger partial charge in [0.25, 0.3) is 0 Å². The summed E-state index contributed by atoms with van der Waals surface area (Å²) in [6, 6.07) is 5.36. The van der Waals surface area contributed by atoms with Crippen LogP contribution in [-0.2, 0) is 14.3 Å². The fourth-order valence-corrected chi connectivity index (χ4v) is 4.39. The second-order valence-corrected chi connectivity index (χ2v) is 7.31. The molecule has 0 amide bonds. The number of fused-ring (bicyclic) bond motifs is 4. The molecule has 3 rings (SSSR count). The first-order chi connectivity index (χ1) is 13.5. The smallest absolute Gasteiger partial charge is 0.317 e. The van der Waals surface area contributed by atoms with Gasteiger partial charge in [-0.1, -0.05) is 12.1 Å². The molecule has 8 heteroatoms. The zero-order valence-electron chi connectivity index (χ0n) is 16.8. The fourth-order valence-electron chi connectivity index (χ4n) is 3.99. The van der Waals surface area contributed by atoms with Gasteiger partial charge in [-0.15, -0.1) is 0 Å². The van der Waals surface area contributed by atoms with Crippen molar-refractivity contribution in [3.8, 4) is 11.5 Å². The van der Waals surface area contributed by atoms with Crippen LogP contribution in [0.5, 0.6) is 11.5 Å². The van der Waals surface area contributed by atoms with E-state index in [1.165, 1.54) is 0 Å². The van der Waals surface area contributed by atoms with Gasteiger partial charge in [0.1, 0.15) is 5.92 Å². The number of benzene rings is 1. The predicted molar refractivity (Wildman–Crippen MR) is 108 cm³/mol. The van der Waals surface area contributed by atoms with Crippen LogP contribution in [0.25, 0.3) is 0 Å². The maximum atomic E-state index is 13.0. The summed E-state index contributed by atoms with van der Waals surface area (Å²) in [4.78, 5) is 14.9. The van der Waals surface area contributed by atoms with E-state index >= 15 is 0 Å². The van der Waals surface area contributed by atoms with Gasteiger partial charge in [-0.2, -0.15) is 0 Å². The molecule has 1 saturated heterocycles. The van der Waals surface area contributed by atoms with Crippen LogP contribution < -0.4 is 14.8 Å². The lowest BCUT2D eigenvalue weighted by atomic mass is 9.79. The molecule has 1 N–H and O–H groups in total. The van der Waals surface area contributed by atoms with E-state index in [4.69, 9.17) is 31.2 Å². The molecule has 1 aromatic carbocycles. The van der Waals surface area contributed by atoms with Crippen molar-refractivity contribution in [3.05, 3.63) is 23.8 Å². The quantitative estimate of drug-likeness (QED) is 0.400. The number of nitrogens with zero attached hydrogens (tertiary/aromatic N) is 1. The molecule has 0 aromatic heterocycles. The molecule has 2 bridgehead atoms. The number of esters is 1. The van der Waals surface area contributed by atoms with E-state index in [-0.39, 0.29) is 12.0 Å². The predicted octanol–water partition coefficient (Wildman–Crippen LogP) is 2.64. The van der Waals surface area contributed by atoms with Gasteiger partial charge >= 0.3 is 5.97 Å². The summed E-state index contributed by atoms with van der Waals surface area (Å²) in [6.45, 7) is 7.62. The lowest BCUT2D eigenvalue weighted by molar-refractivity contribution is -0.175. The maximum absolute atomic E-state index is 13.0. The minimum Gasteiger partial charge on any atom is -0.490 e. The van der Waals surface area contributed by atoms with Gasteiger partial charge in [-0.25, -0.2) is 0 Å². The number of methoxy groups -OCH3 is 1. The molecular weight excluding hydrogens is 380 g/mol. The van der Waals surface area contributed by atoms with Crippen LogP contribution in [0.15, 0.2) is 18.2 Å². The third-order valence-electron chi connectivity index (χ3n) is 5.19. The van der Waals surface area contributed by atoms with Crippen LogP contribution >= 0.6 is 12.2 Å². The number of nitrogens with one attached hydrogen (secondary N) is 1. The molecule has 1 fully saturated rings. The van der Waals surface area contributed by atoms with Crippen molar-refractivity contribution in [1.29, 1.82) is 0 Å². The highest BCUT2D eigenvalue weighted by Crippen LogP contribution is 2.51. The Morgan fingerprint density at radius 3 is 2.82 bits per heavy atom. The molecule has 2 aliphatic heterocycles. The van der Waals surface area contributed by atoms with Crippen LogP contribution in [0.2, 0.25) is 0 Å². The summed E-state index contributed by atoms with van der Waals surface area (Å²) >= 11 is 5.63. The number of hydrogen-bond donors (Lipinski definition) is 1. The van der Waals surface area contributed by atoms with E-state index in [0.29, 0.717) is 43.0 Å². The second-order valence-electron chi connectivity index (χ2n) is 6.92. The number of thiocarbonyl (C=S) groups is 1. The van der Waals surface area contributed by atoms with Crippen LogP contribution in [0.1, 0.15) is 38.8 Å². The van der Waals surface area contributed by atoms with E-state index in [9.17, 15) is 4.79 Å². The summed E-state index contributed by atoms with van der Waals surface area (Å²) in [5.74, 6) is 0.411. The molecule has 28 heavy (non-hydrogen) atoms. The molecule has 154 valence electrons. The van der Waals surface area contributed by atoms with Gasteiger partial charge in [0.05, 0.1) is 19.3 Å². The molecule has 0 unspecified atom stereocenters. The zero-order valence-corrected chi connectivity index (χ0v) is 17.6. The molecule has 7 nitrogen and oxygen atoms in total. The molecule has 0 aliphatic carbocycles. The highest BCUT2D eigenvalue weighted by Gasteiger charge is 2.59. The number of rotatable bonds is 8. The van der Waals surface area contributed by atoms with E-state index in [2.05, 4.69) is 5.32 Å². The summed E-state index contributed by atoms with van der Waals surface area (Å²) in [5, 5.41) is 3.90. The number of carbonyl (C=O) groups excluding carboxylic acids is 1. The summed E-state index contributed by atoms with van der Waals surface area (Å²) in [6.07, 6.45) is 0.747. The lowest BCUT2D eigenvalue weighted by Gasteiger charge is -2.55. The number of ether oxygens (including phenoxy) is 4. The van der Waals surface area contributed by atoms with Crippen LogP contribution in [0.3, 0.4) is 0 Å². The van der Waals surface area contributed by atoms with Crippen molar-refractivity contribution in [2.24, 2.45) is 5.92 Å². The monoisotopic (exact) mass is 408 g/mol. The third-order valence-corrected chi connectivity index (χ3v) is 5.53. The Morgan fingerprint density at radius 2 is 2.14 bits per heavy atom. The first-order valence-corrected chi connectivity index (χ1v) is 10.1. The number of hydrogen-bond acceptors (Lipinski definition) is 6. The summed E-state index contributed by atoms with van der Waals surface area (Å²) < 4.78 is 22.9. The maximum Gasteiger partial charge on any atom is 0.317 e. The van der Waals surface area contributed by atoms with Gasteiger partial charge in [0.15, 0.2) is 22.3 Å². The zero-order chi connectivity index (χ0) is 20.3. The molecule has 0 saturated carbocycles. The molecule has 2 heterocycles. The normalized spacial score (nSPS) is 25.4. The minimum atomic E-state index is -0.993. The van der Waals surface area contributed by atoms with Gasteiger partial charge in [0.2, 0.25) is 0 Å². The van der Waals surface area contributed by atoms with Crippen molar-refractivity contribution in [3.63, 3.8) is 0 Å². The van der Waals surface area contributed by atoms with Crippen molar-refractivity contribution < 1.29 is 23.7 Å². The minimum absolute atomic E-state index is 0.304.